The molecule has 24 heavy (non-hydrogen) atoms. The number of para-hydroxylation sites is 1. The molecule has 0 radical (unpaired) electrons. The lowest BCUT2D eigenvalue weighted by atomic mass is 10.2. The minimum Gasteiger partial charge on any atom is -0.393 e. The lowest BCUT2D eigenvalue weighted by molar-refractivity contribution is 1.09. The number of hydrogen-bond acceptors (Lipinski definition) is 5. The number of aromatic nitrogens is 2. The smallest absolute Gasteiger partial charge is 0.159 e. The fourth-order valence-corrected chi connectivity index (χ4v) is 2.53. The van der Waals surface area contributed by atoms with E-state index in [1.165, 1.54) is 6.33 Å². The summed E-state index contributed by atoms with van der Waals surface area (Å²) in [5, 5.41) is 7.57. The Kier molecular flexibility index (Phi) is 5.03. The van der Waals surface area contributed by atoms with Crippen molar-refractivity contribution in [3.8, 4) is 0 Å². The van der Waals surface area contributed by atoms with Crippen molar-refractivity contribution in [3.05, 3.63) is 70.5 Å². The van der Waals surface area contributed by atoms with Crippen LogP contribution in [-0.4, -0.2) is 9.97 Å². The summed E-state index contributed by atoms with van der Waals surface area (Å²) < 4.78 is 0. The van der Waals surface area contributed by atoms with Crippen molar-refractivity contribution in [1.82, 2.24) is 9.97 Å². The van der Waals surface area contributed by atoms with E-state index >= 15 is 0 Å². The van der Waals surface area contributed by atoms with E-state index in [0.717, 1.165) is 11.3 Å². The van der Waals surface area contributed by atoms with Gasteiger partial charge in [-0.05, 0) is 23.8 Å². The normalized spacial score (nSPS) is 10.4. The van der Waals surface area contributed by atoms with Crippen LogP contribution in [0.5, 0.6) is 0 Å². The van der Waals surface area contributed by atoms with E-state index in [2.05, 4.69) is 20.6 Å². The zero-order valence-electron chi connectivity index (χ0n) is 12.6. The molecule has 0 fully saturated rings. The molecule has 0 unspecified atom stereocenters. The molecule has 0 amide bonds. The lowest BCUT2D eigenvalue weighted by Crippen LogP contribution is -2.08. The molecule has 0 aliphatic carbocycles. The van der Waals surface area contributed by atoms with E-state index in [9.17, 15) is 0 Å². The topological polar surface area (TPSA) is 75.9 Å². The minimum absolute atomic E-state index is 0.407. The minimum atomic E-state index is 0.407. The third-order valence-corrected chi connectivity index (χ3v) is 4.11. The van der Waals surface area contributed by atoms with E-state index in [0.29, 0.717) is 33.9 Å². The Balaban J connectivity index is 1.78. The molecule has 0 aliphatic heterocycles. The zero-order valence-corrected chi connectivity index (χ0v) is 14.1. The van der Waals surface area contributed by atoms with Gasteiger partial charge in [-0.25, -0.2) is 9.97 Å². The average Bonchev–Trinajstić information content (AvgIpc) is 2.59. The predicted octanol–water partition coefficient (Wildman–Crippen LogP) is 4.72. The Morgan fingerprint density at radius 3 is 2.29 bits per heavy atom. The molecule has 0 saturated carbocycles. The maximum absolute atomic E-state index is 6.16. The molecule has 0 aliphatic rings. The van der Waals surface area contributed by atoms with Crippen molar-refractivity contribution in [2.75, 3.05) is 16.4 Å². The van der Waals surface area contributed by atoms with E-state index in [-0.39, 0.29) is 0 Å². The molecule has 7 heteroatoms. The Morgan fingerprint density at radius 2 is 1.54 bits per heavy atom. The molecule has 1 aromatic heterocycles. The van der Waals surface area contributed by atoms with E-state index in [1.54, 1.807) is 6.07 Å². The lowest BCUT2D eigenvalue weighted by Gasteiger charge is -2.13. The van der Waals surface area contributed by atoms with Crippen molar-refractivity contribution >= 4 is 46.2 Å². The molecule has 3 rings (SSSR count). The Hall–Kier alpha value is -2.50. The maximum Gasteiger partial charge on any atom is 0.159 e. The third-order valence-electron chi connectivity index (χ3n) is 3.41. The molecule has 0 saturated heterocycles. The van der Waals surface area contributed by atoms with Gasteiger partial charge in [-0.15, -0.1) is 0 Å². The van der Waals surface area contributed by atoms with Crippen molar-refractivity contribution in [1.29, 1.82) is 0 Å². The van der Waals surface area contributed by atoms with Crippen LogP contribution >= 0.6 is 23.2 Å². The first-order valence-electron chi connectivity index (χ1n) is 7.24. The van der Waals surface area contributed by atoms with Gasteiger partial charge in [0.2, 0.25) is 0 Å². The highest BCUT2D eigenvalue weighted by molar-refractivity contribution is 6.33. The van der Waals surface area contributed by atoms with Crippen molar-refractivity contribution in [2.24, 2.45) is 0 Å². The Labute approximate surface area is 149 Å². The third kappa shape index (κ3) is 3.69. The first-order chi connectivity index (χ1) is 11.6. The standard InChI is InChI=1S/C17H15Cl2N5/c18-12-6-2-1-5-11(12)9-21-16-15(20)17(23-10-22-16)24-14-8-4-3-7-13(14)19/h1-8,10H,9,20H2,(H2,21,22,23,24). The van der Waals surface area contributed by atoms with Gasteiger partial charge in [0.05, 0.1) is 10.7 Å². The number of nitrogens with zero attached hydrogens (tertiary/aromatic N) is 2. The average molecular weight is 360 g/mol. The number of nitrogens with one attached hydrogen (secondary N) is 2. The molecule has 0 spiro atoms. The van der Waals surface area contributed by atoms with E-state index in [1.807, 2.05) is 42.5 Å². The molecule has 0 atom stereocenters. The quantitative estimate of drug-likeness (QED) is 0.614. The monoisotopic (exact) mass is 359 g/mol. The first kappa shape index (κ1) is 16.4. The number of rotatable bonds is 5. The van der Waals surface area contributed by atoms with Crippen molar-refractivity contribution in [3.63, 3.8) is 0 Å². The SMILES string of the molecule is Nc1c(NCc2ccccc2Cl)ncnc1Nc1ccccc1Cl. The van der Waals surface area contributed by atoms with E-state index in [4.69, 9.17) is 28.9 Å². The summed E-state index contributed by atoms with van der Waals surface area (Å²) in [6.07, 6.45) is 1.43. The van der Waals surface area contributed by atoms with Gasteiger partial charge in [-0.2, -0.15) is 0 Å². The molecule has 3 aromatic rings. The van der Waals surface area contributed by atoms with Crippen LogP contribution in [0.1, 0.15) is 5.56 Å². The van der Waals surface area contributed by atoms with E-state index < -0.39 is 0 Å². The van der Waals surface area contributed by atoms with Crippen molar-refractivity contribution in [2.45, 2.75) is 6.54 Å². The Bertz CT molecular complexity index is 854. The maximum atomic E-state index is 6.16. The van der Waals surface area contributed by atoms with Gasteiger partial charge in [0.25, 0.3) is 0 Å². The molecule has 2 aromatic carbocycles. The van der Waals surface area contributed by atoms with Gasteiger partial charge in [0, 0.05) is 11.6 Å². The molecule has 0 bridgehead atoms. The number of hydrogen-bond donors (Lipinski definition) is 3. The molecular formula is C17H15Cl2N5. The summed E-state index contributed by atoms with van der Waals surface area (Å²) in [7, 11) is 0. The van der Waals surface area contributed by atoms with Crippen molar-refractivity contribution < 1.29 is 0 Å². The van der Waals surface area contributed by atoms with Gasteiger partial charge in [0.15, 0.2) is 11.6 Å². The highest BCUT2D eigenvalue weighted by atomic mass is 35.5. The van der Waals surface area contributed by atoms with Crippen LogP contribution in [0.4, 0.5) is 23.0 Å². The molecule has 4 N–H and O–H groups in total. The fourth-order valence-electron chi connectivity index (χ4n) is 2.15. The van der Waals surface area contributed by atoms with Gasteiger partial charge >= 0.3 is 0 Å². The summed E-state index contributed by atoms with van der Waals surface area (Å²) >= 11 is 12.3. The summed E-state index contributed by atoms with van der Waals surface area (Å²) in [4.78, 5) is 8.36. The summed E-state index contributed by atoms with van der Waals surface area (Å²) in [5.41, 5.74) is 8.24. The number of anilines is 4. The van der Waals surface area contributed by atoms with Crippen LogP contribution in [-0.2, 0) is 6.54 Å². The second-order valence-corrected chi connectivity index (χ2v) is 5.85. The molecule has 122 valence electrons. The van der Waals surface area contributed by atoms with Crippen LogP contribution in [0.15, 0.2) is 54.9 Å². The first-order valence-corrected chi connectivity index (χ1v) is 8.00. The number of halogens is 2. The fraction of sp³-hybridized carbons (Fsp3) is 0.0588. The van der Waals surface area contributed by atoms with Crippen LogP contribution in [0.2, 0.25) is 10.0 Å². The highest BCUT2D eigenvalue weighted by Crippen LogP contribution is 2.29. The van der Waals surface area contributed by atoms with Gasteiger partial charge in [-0.1, -0.05) is 53.5 Å². The van der Waals surface area contributed by atoms with Gasteiger partial charge < -0.3 is 16.4 Å². The van der Waals surface area contributed by atoms with Crippen LogP contribution < -0.4 is 16.4 Å². The Morgan fingerprint density at radius 1 is 0.875 bits per heavy atom. The van der Waals surface area contributed by atoms with Crippen LogP contribution in [0.25, 0.3) is 0 Å². The largest absolute Gasteiger partial charge is 0.393 e. The molecule has 1 heterocycles. The molecular weight excluding hydrogens is 345 g/mol. The summed E-state index contributed by atoms with van der Waals surface area (Å²) in [5.74, 6) is 1.01. The highest BCUT2D eigenvalue weighted by Gasteiger charge is 2.10. The second-order valence-electron chi connectivity index (χ2n) is 5.03. The van der Waals surface area contributed by atoms with Crippen LogP contribution in [0.3, 0.4) is 0 Å². The summed E-state index contributed by atoms with van der Waals surface area (Å²) in [6.45, 7) is 0.506. The van der Waals surface area contributed by atoms with Gasteiger partial charge in [-0.3, -0.25) is 0 Å². The number of benzene rings is 2. The van der Waals surface area contributed by atoms with Crippen LogP contribution in [0, 0.1) is 0 Å². The predicted molar refractivity (Wildman–Crippen MR) is 100.0 cm³/mol. The zero-order chi connectivity index (χ0) is 16.9. The number of nitrogens with two attached hydrogens (primary N) is 1. The number of nitrogen functional groups attached to an aromatic ring is 1. The van der Waals surface area contributed by atoms with Gasteiger partial charge in [0.1, 0.15) is 12.0 Å². The second kappa shape index (κ2) is 7.38. The summed E-state index contributed by atoms with van der Waals surface area (Å²) in [6, 6.07) is 15.0. The molecule has 5 nitrogen and oxygen atoms in total.